The molecule has 18 heavy (non-hydrogen) atoms. The number of hydrogen-bond acceptors (Lipinski definition) is 4. The van der Waals surface area contributed by atoms with Crippen molar-refractivity contribution in [2.24, 2.45) is 0 Å². The molecule has 108 valence electrons. The van der Waals surface area contributed by atoms with Crippen LogP contribution >= 0.6 is 0 Å². The van der Waals surface area contributed by atoms with E-state index in [-0.39, 0.29) is 12.4 Å². The van der Waals surface area contributed by atoms with E-state index in [4.69, 9.17) is 5.11 Å². The van der Waals surface area contributed by atoms with Crippen molar-refractivity contribution in [2.45, 2.75) is 57.2 Å². The Kier molecular flexibility index (Phi) is 5.62. The minimum atomic E-state index is -3.06. The molecule has 0 radical (unpaired) electrons. The van der Waals surface area contributed by atoms with Crippen molar-refractivity contribution in [3.05, 3.63) is 0 Å². The summed E-state index contributed by atoms with van der Waals surface area (Å²) in [6.07, 6.45) is 4.71. The number of sulfone groups is 1. The van der Waals surface area contributed by atoms with Crippen molar-refractivity contribution in [3.8, 4) is 0 Å². The summed E-state index contributed by atoms with van der Waals surface area (Å²) in [6, 6.07) is 0.465. The van der Waals surface area contributed by atoms with Gasteiger partial charge in [-0.25, -0.2) is 8.42 Å². The molecule has 0 amide bonds. The average Bonchev–Trinajstić information content (AvgIpc) is 2.75. The molecule has 0 aromatic rings. The molecule has 0 spiro atoms. The highest BCUT2D eigenvalue weighted by atomic mass is 32.2. The number of rotatable bonds is 6. The Bertz CT molecular complexity index is 340. The normalized spacial score (nSPS) is 18.7. The van der Waals surface area contributed by atoms with Crippen LogP contribution in [-0.4, -0.2) is 54.7 Å². The second-order valence-electron chi connectivity index (χ2n) is 6.13. The first kappa shape index (κ1) is 15.9. The van der Waals surface area contributed by atoms with Gasteiger partial charge in [-0.05, 0) is 33.6 Å². The fourth-order valence-corrected chi connectivity index (χ4v) is 3.51. The predicted octanol–water partition coefficient (Wildman–Crippen LogP) is 1.44. The van der Waals surface area contributed by atoms with E-state index < -0.39 is 14.6 Å². The summed E-state index contributed by atoms with van der Waals surface area (Å²) in [7, 11) is -3.06. The first-order chi connectivity index (χ1) is 8.28. The standard InChI is InChI=1S/C13H27NO3S/c1-13(2,3)18(16,17)11-9-14(8-10-15)12-6-4-5-7-12/h12,15H,4-11H2,1-3H3. The van der Waals surface area contributed by atoms with Crippen LogP contribution in [-0.2, 0) is 9.84 Å². The third-order valence-corrected chi connectivity index (χ3v) is 6.39. The molecule has 0 aromatic carbocycles. The van der Waals surface area contributed by atoms with E-state index in [1.807, 2.05) is 0 Å². The Morgan fingerprint density at radius 3 is 2.17 bits per heavy atom. The van der Waals surface area contributed by atoms with Crippen LogP contribution in [0.25, 0.3) is 0 Å². The van der Waals surface area contributed by atoms with E-state index in [0.717, 1.165) is 12.8 Å². The van der Waals surface area contributed by atoms with Crippen LogP contribution in [0, 0.1) is 0 Å². The maximum absolute atomic E-state index is 12.1. The smallest absolute Gasteiger partial charge is 0.156 e. The van der Waals surface area contributed by atoms with Crippen LogP contribution in [0.3, 0.4) is 0 Å². The third-order valence-electron chi connectivity index (χ3n) is 3.81. The molecule has 0 atom stereocenters. The lowest BCUT2D eigenvalue weighted by atomic mass is 10.2. The monoisotopic (exact) mass is 277 g/mol. The molecule has 5 heteroatoms. The highest BCUT2D eigenvalue weighted by Crippen LogP contribution is 2.24. The van der Waals surface area contributed by atoms with Gasteiger partial charge in [0, 0.05) is 19.1 Å². The van der Waals surface area contributed by atoms with Gasteiger partial charge in [0.1, 0.15) is 0 Å². The summed E-state index contributed by atoms with van der Waals surface area (Å²) in [5, 5.41) is 9.10. The zero-order valence-corrected chi connectivity index (χ0v) is 12.7. The molecule has 1 rings (SSSR count). The van der Waals surface area contributed by atoms with E-state index >= 15 is 0 Å². The molecule has 0 aliphatic heterocycles. The molecule has 4 nitrogen and oxygen atoms in total. The lowest BCUT2D eigenvalue weighted by Gasteiger charge is -2.29. The lowest BCUT2D eigenvalue weighted by Crippen LogP contribution is -2.41. The molecule has 0 aromatic heterocycles. The number of aliphatic hydroxyl groups excluding tert-OH is 1. The topological polar surface area (TPSA) is 57.6 Å². The minimum absolute atomic E-state index is 0.103. The summed E-state index contributed by atoms with van der Waals surface area (Å²) in [6.45, 7) is 6.47. The van der Waals surface area contributed by atoms with Crippen LogP contribution in [0.1, 0.15) is 46.5 Å². The molecule has 0 heterocycles. The zero-order valence-electron chi connectivity index (χ0n) is 11.9. The van der Waals surface area contributed by atoms with Crippen molar-refractivity contribution >= 4 is 9.84 Å². The Hall–Kier alpha value is -0.130. The van der Waals surface area contributed by atoms with Crippen molar-refractivity contribution in [2.75, 3.05) is 25.4 Å². The number of nitrogens with zero attached hydrogens (tertiary/aromatic N) is 1. The molecule has 0 bridgehead atoms. The fraction of sp³-hybridized carbons (Fsp3) is 1.00. The van der Waals surface area contributed by atoms with Gasteiger partial charge >= 0.3 is 0 Å². The number of hydrogen-bond donors (Lipinski definition) is 1. The fourth-order valence-electron chi connectivity index (χ4n) is 2.42. The Morgan fingerprint density at radius 2 is 1.72 bits per heavy atom. The number of aliphatic hydroxyl groups is 1. The lowest BCUT2D eigenvalue weighted by molar-refractivity contribution is 0.159. The van der Waals surface area contributed by atoms with Gasteiger partial charge in [-0.1, -0.05) is 12.8 Å². The second-order valence-corrected chi connectivity index (χ2v) is 8.99. The van der Waals surface area contributed by atoms with Crippen LogP contribution < -0.4 is 0 Å². The minimum Gasteiger partial charge on any atom is -0.395 e. The maximum atomic E-state index is 12.1. The summed E-state index contributed by atoms with van der Waals surface area (Å²) < 4.78 is 23.5. The summed E-state index contributed by atoms with van der Waals surface area (Å²) in [5.74, 6) is 0.188. The SMILES string of the molecule is CC(C)(C)S(=O)(=O)CCN(CCO)C1CCCC1. The van der Waals surface area contributed by atoms with Gasteiger partial charge in [0.15, 0.2) is 9.84 Å². The molecule has 1 aliphatic carbocycles. The van der Waals surface area contributed by atoms with E-state index in [0.29, 0.717) is 19.1 Å². The van der Waals surface area contributed by atoms with E-state index in [9.17, 15) is 8.42 Å². The summed E-state index contributed by atoms with van der Waals surface area (Å²) in [5.41, 5.74) is 0. The maximum Gasteiger partial charge on any atom is 0.156 e. The van der Waals surface area contributed by atoms with Crippen molar-refractivity contribution < 1.29 is 13.5 Å². The van der Waals surface area contributed by atoms with Gasteiger partial charge in [0.2, 0.25) is 0 Å². The molecule has 0 unspecified atom stereocenters. The quantitative estimate of drug-likeness (QED) is 0.798. The van der Waals surface area contributed by atoms with Gasteiger partial charge in [0.25, 0.3) is 0 Å². The first-order valence-corrected chi connectivity index (χ1v) is 8.50. The largest absolute Gasteiger partial charge is 0.395 e. The molecule has 1 fully saturated rings. The predicted molar refractivity (Wildman–Crippen MR) is 74.5 cm³/mol. The molecule has 1 N–H and O–H groups in total. The van der Waals surface area contributed by atoms with Crippen LogP contribution in [0.4, 0.5) is 0 Å². The molecule has 0 saturated heterocycles. The zero-order chi connectivity index (χ0) is 13.8. The first-order valence-electron chi connectivity index (χ1n) is 6.85. The van der Waals surface area contributed by atoms with Gasteiger partial charge in [-0.15, -0.1) is 0 Å². The van der Waals surface area contributed by atoms with Gasteiger partial charge in [0.05, 0.1) is 17.1 Å². The summed E-state index contributed by atoms with van der Waals surface area (Å²) >= 11 is 0. The molecular weight excluding hydrogens is 250 g/mol. The van der Waals surface area contributed by atoms with E-state index in [1.54, 1.807) is 20.8 Å². The van der Waals surface area contributed by atoms with Crippen LogP contribution in [0.5, 0.6) is 0 Å². The van der Waals surface area contributed by atoms with Gasteiger partial charge in [-0.3, -0.25) is 4.90 Å². The van der Waals surface area contributed by atoms with Crippen LogP contribution in [0.15, 0.2) is 0 Å². The van der Waals surface area contributed by atoms with Crippen molar-refractivity contribution in [1.82, 2.24) is 4.90 Å². The summed E-state index contributed by atoms with van der Waals surface area (Å²) in [4.78, 5) is 2.15. The van der Waals surface area contributed by atoms with Crippen molar-refractivity contribution in [3.63, 3.8) is 0 Å². The molecule has 1 saturated carbocycles. The molecular formula is C13H27NO3S. The Morgan fingerprint density at radius 1 is 1.17 bits per heavy atom. The Balaban J connectivity index is 2.57. The highest BCUT2D eigenvalue weighted by molar-refractivity contribution is 7.92. The molecule has 1 aliphatic rings. The van der Waals surface area contributed by atoms with E-state index in [1.165, 1.54) is 12.8 Å². The third kappa shape index (κ3) is 4.21. The highest BCUT2D eigenvalue weighted by Gasteiger charge is 2.30. The van der Waals surface area contributed by atoms with Crippen molar-refractivity contribution in [1.29, 1.82) is 0 Å². The van der Waals surface area contributed by atoms with E-state index in [2.05, 4.69) is 4.90 Å². The average molecular weight is 277 g/mol. The van der Waals surface area contributed by atoms with Crippen LogP contribution in [0.2, 0.25) is 0 Å². The Labute approximate surface area is 111 Å². The second kappa shape index (κ2) is 6.35. The van der Waals surface area contributed by atoms with Gasteiger partial charge in [-0.2, -0.15) is 0 Å². The van der Waals surface area contributed by atoms with Gasteiger partial charge < -0.3 is 5.11 Å².